The second-order valence-corrected chi connectivity index (χ2v) is 4.92. The van der Waals surface area contributed by atoms with Crippen LogP contribution in [0.5, 0.6) is 0 Å². The average Bonchev–Trinajstić information content (AvgIpc) is 2.31. The van der Waals surface area contributed by atoms with Crippen LogP contribution in [0, 0.1) is 27.7 Å². The Morgan fingerprint density at radius 1 is 1.00 bits per heavy atom. The molecule has 1 aromatic heterocycles. The Labute approximate surface area is 113 Å². The molecule has 0 saturated carbocycles. The second kappa shape index (κ2) is 5.22. The van der Waals surface area contributed by atoms with Crippen LogP contribution in [-0.4, -0.2) is 10.9 Å². The zero-order valence-electron chi connectivity index (χ0n) is 11.7. The second-order valence-electron chi connectivity index (χ2n) is 4.92. The fraction of sp³-hybridized carbons (Fsp3) is 0.250. The summed E-state index contributed by atoms with van der Waals surface area (Å²) in [6.45, 7) is 7.93. The normalized spacial score (nSPS) is 10.3. The Kier molecular flexibility index (Phi) is 3.65. The van der Waals surface area contributed by atoms with Crippen molar-refractivity contribution in [3.05, 3.63) is 58.3 Å². The van der Waals surface area contributed by atoms with Gasteiger partial charge in [-0.1, -0.05) is 6.07 Å². The summed E-state index contributed by atoms with van der Waals surface area (Å²) in [5.41, 5.74) is 4.93. The number of nitrogens with one attached hydrogen (secondary N) is 1. The van der Waals surface area contributed by atoms with Gasteiger partial charge in [-0.15, -0.1) is 0 Å². The van der Waals surface area contributed by atoms with Crippen LogP contribution in [-0.2, 0) is 0 Å². The predicted molar refractivity (Wildman–Crippen MR) is 77.6 cm³/mol. The SMILES string of the molecule is Cc1cc(C)nc(NC(=O)c2ccc(C)c(C)c2)c1. The molecule has 1 aromatic carbocycles. The summed E-state index contributed by atoms with van der Waals surface area (Å²) in [7, 11) is 0. The molecule has 2 rings (SSSR count). The molecule has 1 N–H and O–H groups in total. The number of aryl methyl sites for hydroxylation is 4. The zero-order chi connectivity index (χ0) is 14.0. The Morgan fingerprint density at radius 2 is 1.74 bits per heavy atom. The van der Waals surface area contributed by atoms with Crippen LogP contribution < -0.4 is 5.32 Å². The van der Waals surface area contributed by atoms with E-state index in [2.05, 4.69) is 10.3 Å². The van der Waals surface area contributed by atoms with E-state index in [-0.39, 0.29) is 5.91 Å². The smallest absolute Gasteiger partial charge is 0.256 e. The molecule has 0 unspecified atom stereocenters. The van der Waals surface area contributed by atoms with Gasteiger partial charge in [0.15, 0.2) is 0 Å². The maximum atomic E-state index is 12.1. The van der Waals surface area contributed by atoms with Crippen molar-refractivity contribution in [2.24, 2.45) is 0 Å². The zero-order valence-corrected chi connectivity index (χ0v) is 11.7. The molecule has 0 atom stereocenters. The molecule has 0 radical (unpaired) electrons. The molecule has 3 heteroatoms. The molecule has 0 fully saturated rings. The number of carbonyl (C=O) groups is 1. The molecule has 1 heterocycles. The van der Waals surface area contributed by atoms with Crippen molar-refractivity contribution >= 4 is 11.7 Å². The minimum absolute atomic E-state index is 0.124. The first-order chi connectivity index (χ1) is 8.95. The fourth-order valence-electron chi connectivity index (χ4n) is 1.98. The minimum atomic E-state index is -0.124. The average molecular weight is 254 g/mol. The van der Waals surface area contributed by atoms with E-state index >= 15 is 0 Å². The first-order valence-electron chi connectivity index (χ1n) is 6.29. The summed E-state index contributed by atoms with van der Waals surface area (Å²) in [4.78, 5) is 16.5. The molecule has 1 amide bonds. The summed E-state index contributed by atoms with van der Waals surface area (Å²) in [6.07, 6.45) is 0. The highest BCUT2D eigenvalue weighted by molar-refractivity contribution is 6.03. The van der Waals surface area contributed by atoms with E-state index in [1.165, 1.54) is 5.56 Å². The molecule has 0 spiro atoms. The van der Waals surface area contributed by atoms with Crippen molar-refractivity contribution in [2.75, 3.05) is 5.32 Å². The van der Waals surface area contributed by atoms with Gasteiger partial charge < -0.3 is 5.32 Å². The quantitative estimate of drug-likeness (QED) is 0.890. The monoisotopic (exact) mass is 254 g/mol. The number of pyridine rings is 1. The number of hydrogen-bond acceptors (Lipinski definition) is 2. The lowest BCUT2D eigenvalue weighted by Crippen LogP contribution is -2.13. The van der Waals surface area contributed by atoms with E-state index < -0.39 is 0 Å². The van der Waals surface area contributed by atoms with Crippen molar-refractivity contribution in [3.8, 4) is 0 Å². The first-order valence-corrected chi connectivity index (χ1v) is 6.29. The van der Waals surface area contributed by atoms with E-state index in [0.717, 1.165) is 16.8 Å². The number of hydrogen-bond donors (Lipinski definition) is 1. The molecule has 2 aromatic rings. The third kappa shape index (κ3) is 3.19. The van der Waals surface area contributed by atoms with Crippen molar-refractivity contribution in [3.63, 3.8) is 0 Å². The summed E-state index contributed by atoms with van der Waals surface area (Å²) in [6, 6.07) is 9.53. The van der Waals surface area contributed by atoms with Gasteiger partial charge in [0.05, 0.1) is 0 Å². The highest BCUT2D eigenvalue weighted by atomic mass is 16.1. The maximum absolute atomic E-state index is 12.1. The van der Waals surface area contributed by atoms with Crippen LogP contribution in [0.3, 0.4) is 0 Å². The lowest BCUT2D eigenvalue weighted by atomic mass is 10.1. The number of carbonyl (C=O) groups excluding carboxylic acids is 1. The highest BCUT2D eigenvalue weighted by Gasteiger charge is 2.08. The van der Waals surface area contributed by atoms with Crippen molar-refractivity contribution in [2.45, 2.75) is 27.7 Å². The van der Waals surface area contributed by atoms with Gasteiger partial charge in [-0.05, 0) is 68.7 Å². The lowest BCUT2D eigenvalue weighted by molar-refractivity contribution is 0.102. The van der Waals surface area contributed by atoms with Crippen LogP contribution in [0.1, 0.15) is 32.7 Å². The van der Waals surface area contributed by atoms with E-state index in [9.17, 15) is 4.79 Å². The van der Waals surface area contributed by atoms with Crippen molar-refractivity contribution in [1.29, 1.82) is 0 Å². The standard InChI is InChI=1S/C16H18N2O/c1-10-7-13(4)17-15(8-10)18-16(19)14-6-5-11(2)12(3)9-14/h5-9H,1-4H3,(H,17,18,19). The third-order valence-corrected chi connectivity index (χ3v) is 3.11. The topological polar surface area (TPSA) is 42.0 Å². The molecule has 0 aliphatic heterocycles. The Hall–Kier alpha value is -2.16. The van der Waals surface area contributed by atoms with E-state index in [4.69, 9.17) is 0 Å². The van der Waals surface area contributed by atoms with Crippen LogP contribution in [0.15, 0.2) is 30.3 Å². The largest absolute Gasteiger partial charge is 0.307 e. The van der Waals surface area contributed by atoms with Gasteiger partial charge in [-0.25, -0.2) is 4.98 Å². The van der Waals surface area contributed by atoms with Gasteiger partial charge in [0.25, 0.3) is 5.91 Å². The maximum Gasteiger partial charge on any atom is 0.256 e. The lowest BCUT2D eigenvalue weighted by Gasteiger charge is -2.08. The number of nitrogens with zero attached hydrogens (tertiary/aromatic N) is 1. The van der Waals surface area contributed by atoms with Crippen LogP contribution in [0.25, 0.3) is 0 Å². The van der Waals surface area contributed by atoms with E-state index in [1.807, 2.05) is 58.0 Å². The van der Waals surface area contributed by atoms with Gasteiger partial charge in [0.1, 0.15) is 5.82 Å². The molecule has 0 aliphatic rings. The summed E-state index contributed by atoms with van der Waals surface area (Å²) in [5.74, 6) is 0.473. The van der Waals surface area contributed by atoms with Gasteiger partial charge in [0.2, 0.25) is 0 Å². The van der Waals surface area contributed by atoms with E-state index in [0.29, 0.717) is 11.4 Å². The summed E-state index contributed by atoms with van der Waals surface area (Å²) >= 11 is 0. The van der Waals surface area contributed by atoms with Crippen LogP contribution >= 0.6 is 0 Å². The van der Waals surface area contributed by atoms with Crippen LogP contribution in [0.4, 0.5) is 5.82 Å². The molecular formula is C16H18N2O. The molecule has 19 heavy (non-hydrogen) atoms. The number of amides is 1. The third-order valence-electron chi connectivity index (χ3n) is 3.11. The number of aromatic nitrogens is 1. The molecule has 98 valence electrons. The van der Waals surface area contributed by atoms with Gasteiger partial charge >= 0.3 is 0 Å². The van der Waals surface area contributed by atoms with E-state index in [1.54, 1.807) is 0 Å². The Bertz CT molecular complexity index is 612. The molecule has 0 saturated heterocycles. The van der Waals surface area contributed by atoms with Crippen molar-refractivity contribution in [1.82, 2.24) is 4.98 Å². The van der Waals surface area contributed by atoms with Gasteiger partial charge in [0, 0.05) is 11.3 Å². The van der Waals surface area contributed by atoms with Gasteiger partial charge in [-0.2, -0.15) is 0 Å². The number of benzene rings is 1. The van der Waals surface area contributed by atoms with Gasteiger partial charge in [-0.3, -0.25) is 4.79 Å². The Morgan fingerprint density at radius 3 is 2.37 bits per heavy atom. The number of rotatable bonds is 2. The highest BCUT2D eigenvalue weighted by Crippen LogP contribution is 2.13. The van der Waals surface area contributed by atoms with Crippen molar-refractivity contribution < 1.29 is 4.79 Å². The molecular weight excluding hydrogens is 236 g/mol. The molecule has 0 bridgehead atoms. The fourth-order valence-corrected chi connectivity index (χ4v) is 1.98. The molecule has 0 aliphatic carbocycles. The van der Waals surface area contributed by atoms with Crippen LogP contribution in [0.2, 0.25) is 0 Å². The Balaban J connectivity index is 2.22. The minimum Gasteiger partial charge on any atom is -0.307 e. The first kappa shape index (κ1) is 13.3. The predicted octanol–water partition coefficient (Wildman–Crippen LogP) is 3.57. The summed E-state index contributed by atoms with van der Waals surface area (Å²) < 4.78 is 0. The number of anilines is 1. The summed E-state index contributed by atoms with van der Waals surface area (Å²) in [5, 5.41) is 2.84. The molecule has 3 nitrogen and oxygen atoms in total.